The Morgan fingerprint density at radius 3 is 2.73 bits per heavy atom. The van der Waals surface area contributed by atoms with Crippen molar-refractivity contribution in [2.45, 2.75) is 33.7 Å². The molecule has 4 rings (SSSR count). The molecule has 1 amide bonds. The summed E-state index contributed by atoms with van der Waals surface area (Å²) in [5.41, 5.74) is 5.62. The third kappa shape index (κ3) is 2.75. The predicted molar refractivity (Wildman–Crippen MR) is 97.5 cm³/mol. The SMILES string of the molecule is Cc1cccc(C)c1Nc1noc2c1CN(C(=O)c1cn[nH]c1C)CC2. The van der Waals surface area contributed by atoms with Crippen molar-refractivity contribution in [1.29, 1.82) is 0 Å². The molecular weight excluding hydrogens is 330 g/mol. The van der Waals surface area contributed by atoms with Crippen molar-refractivity contribution < 1.29 is 9.32 Å². The molecule has 0 bridgehead atoms. The van der Waals surface area contributed by atoms with Gasteiger partial charge in [-0.15, -0.1) is 0 Å². The fraction of sp³-hybridized carbons (Fsp3) is 0.316. The first-order valence-electron chi connectivity index (χ1n) is 8.64. The molecule has 134 valence electrons. The minimum atomic E-state index is -0.0267. The van der Waals surface area contributed by atoms with Gasteiger partial charge in [0.25, 0.3) is 5.91 Å². The molecule has 0 atom stereocenters. The first kappa shape index (κ1) is 16.4. The number of carbonyl (C=O) groups is 1. The number of para-hydroxylation sites is 1. The van der Waals surface area contributed by atoms with Gasteiger partial charge in [-0.1, -0.05) is 23.4 Å². The highest BCUT2D eigenvalue weighted by atomic mass is 16.5. The van der Waals surface area contributed by atoms with Crippen molar-refractivity contribution in [1.82, 2.24) is 20.3 Å². The van der Waals surface area contributed by atoms with Gasteiger partial charge in [-0.25, -0.2) is 0 Å². The molecule has 1 aromatic carbocycles. The van der Waals surface area contributed by atoms with Gasteiger partial charge in [0.1, 0.15) is 5.76 Å². The van der Waals surface area contributed by atoms with Crippen molar-refractivity contribution in [3.63, 3.8) is 0 Å². The molecule has 0 saturated carbocycles. The molecule has 7 heteroatoms. The highest BCUT2D eigenvalue weighted by Crippen LogP contribution is 2.31. The number of H-pyrrole nitrogens is 1. The van der Waals surface area contributed by atoms with Crippen LogP contribution in [0.2, 0.25) is 0 Å². The lowest BCUT2D eigenvalue weighted by atomic mass is 10.1. The zero-order valence-electron chi connectivity index (χ0n) is 15.1. The number of aromatic amines is 1. The smallest absolute Gasteiger partial charge is 0.257 e. The standard InChI is InChI=1S/C19H21N5O2/c1-11-5-4-6-12(2)17(11)21-18-15-10-24(8-7-16(15)26-23-18)19(25)14-9-20-22-13(14)3/h4-6,9H,7-8,10H2,1-3H3,(H,20,22)(H,21,23). The van der Waals surface area contributed by atoms with Crippen LogP contribution in [0.15, 0.2) is 28.9 Å². The second kappa shape index (κ2) is 6.33. The van der Waals surface area contributed by atoms with E-state index in [1.165, 1.54) is 0 Å². The van der Waals surface area contributed by atoms with Gasteiger partial charge in [-0.05, 0) is 31.9 Å². The summed E-state index contributed by atoms with van der Waals surface area (Å²) in [6, 6.07) is 6.14. The molecule has 3 aromatic rings. The van der Waals surface area contributed by atoms with Crippen molar-refractivity contribution >= 4 is 17.4 Å². The van der Waals surface area contributed by atoms with E-state index >= 15 is 0 Å². The van der Waals surface area contributed by atoms with Crippen LogP contribution in [0, 0.1) is 20.8 Å². The monoisotopic (exact) mass is 351 g/mol. The van der Waals surface area contributed by atoms with E-state index in [9.17, 15) is 4.79 Å². The van der Waals surface area contributed by atoms with E-state index in [0.29, 0.717) is 30.9 Å². The third-order valence-electron chi connectivity index (χ3n) is 4.90. The molecule has 3 heterocycles. The summed E-state index contributed by atoms with van der Waals surface area (Å²) in [5.74, 6) is 1.49. The highest BCUT2D eigenvalue weighted by molar-refractivity contribution is 5.95. The number of hydrogen-bond acceptors (Lipinski definition) is 5. The van der Waals surface area contributed by atoms with E-state index in [-0.39, 0.29) is 5.91 Å². The Bertz CT molecular complexity index is 952. The van der Waals surface area contributed by atoms with Crippen LogP contribution >= 0.6 is 0 Å². The van der Waals surface area contributed by atoms with Crippen LogP contribution in [-0.4, -0.2) is 32.7 Å². The number of amides is 1. The van der Waals surface area contributed by atoms with Crippen molar-refractivity contribution in [3.05, 3.63) is 58.1 Å². The van der Waals surface area contributed by atoms with Crippen LogP contribution in [0.1, 0.15) is 38.5 Å². The van der Waals surface area contributed by atoms with Gasteiger partial charge in [-0.3, -0.25) is 9.89 Å². The maximum absolute atomic E-state index is 12.8. The number of nitrogens with zero attached hydrogens (tertiary/aromatic N) is 3. The maximum Gasteiger partial charge on any atom is 0.257 e. The van der Waals surface area contributed by atoms with Gasteiger partial charge in [0.15, 0.2) is 5.82 Å². The topological polar surface area (TPSA) is 87.1 Å². The van der Waals surface area contributed by atoms with Gasteiger partial charge >= 0.3 is 0 Å². The molecule has 2 N–H and O–H groups in total. The number of rotatable bonds is 3. The highest BCUT2D eigenvalue weighted by Gasteiger charge is 2.29. The third-order valence-corrected chi connectivity index (χ3v) is 4.90. The number of aryl methyl sites for hydroxylation is 3. The Labute approximate surface area is 151 Å². The number of carbonyl (C=O) groups excluding carboxylic acids is 1. The molecule has 0 fully saturated rings. The van der Waals surface area contributed by atoms with Crippen molar-refractivity contribution in [2.75, 3.05) is 11.9 Å². The number of fused-ring (bicyclic) bond motifs is 1. The first-order valence-corrected chi connectivity index (χ1v) is 8.64. The van der Waals surface area contributed by atoms with E-state index in [0.717, 1.165) is 33.8 Å². The molecule has 0 radical (unpaired) electrons. The molecule has 0 aliphatic carbocycles. The van der Waals surface area contributed by atoms with Crippen LogP contribution in [0.4, 0.5) is 11.5 Å². The number of anilines is 2. The Balaban J connectivity index is 1.61. The Morgan fingerprint density at radius 2 is 2.04 bits per heavy atom. The lowest BCUT2D eigenvalue weighted by molar-refractivity contribution is 0.0728. The molecule has 0 spiro atoms. The Morgan fingerprint density at radius 1 is 1.27 bits per heavy atom. The predicted octanol–water partition coefficient (Wildman–Crippen LogP) is 3.27. The molecule has 2 aromatic heterocycles. The number of aromatic nitrogens is 3. The van der Waals surface area contributed by atoms with Gasteiger partial charge in [0.05, 0.1) is 23.9 Å². The van der Waals surface area contributed by atoms with E-state index in [4.69, 9.17) is 4.52 Å². The fourth-order valence-corrected chi connectivity index (χ4v) is 3.35. The van der Waals surface area contributed by atoms with Crippen LogP contribution in [0.5, 0.6) is 0 Å². The van der Waals surface area contributed by atoms with Crippen LogP contribution < -0.4 is 5.32 Å². The number of hydrogen-bond donors (Lipinski definition) is 2. The fourth-order valence-electron chi connectivity index (χ4n) is 3.35. The average molecular weight is 351 g/mol. The van der Waals surface area contributed by atoms with Gasteiger partial charge in [-0.2, -0.15) is 5.10 Å². The quantitative estimate of drug-likeness (QED) is 0.756. The molecule has 1 aliphatic heterocycles. The summed E-state index contributed by atoms with van der Waals surface area (Å²) in [4.78, 5) is 14.6. The average Bonchev–Trinajstić information content (AvgIpc) is 3.23. The van der Waals surface area contributed by atoms with E-state index in [1.54, 1.807) is 6.20 Å². The van der Waals surface area contributed by atoms with Gasteiger partial charge < -0.3 is 14.7 Å². The molecule has 1 aliphatic rings. The number of nitrogens with one attached hydrogen (secondary N) is 2. The van der Waals surface area contributed by atoms with Crippen molar-refractivity contribution in [3.8, 4) is 0 Å². The largest absolute Gasteiger partial charge is 0.359 e. The summed E-state index contributed by atoms with van der Waals surface area (Å²) in [6.45, 7) is 7.03. The van der Waals surface area contributed by atoms with Crippen LogP contribution in [0.3, 0.4) is 0 Å². The van der Waals surface area contributed by atoms with E-state index < -0.39 is 0 Å². The van der Waals surface area contributed by atoms with E-state index in [1.807, 2.05) is 17.9 Å². The Hall–Kier alpha value is -3.09. The van der Waals surface area contributed by atoms with Crippen molar-refractivity contribution in [2.24, 2.45) is 0 Å². The molecule has 0 saturated heterocycles. The van der Waals surface area contributed by atoms with E-state index in [2.05, 4.69) is 46.7 Å². The molecule has 7 nitrogen and oxygen atoms in total. The van der Waals surface area contributed by atoms with Crippen LogP contribution in [0.25, 0.3) is 0 Å². The second-order valence-electron chi connectivity index (χ2n) is 6.71. The Kier molecular flexibility index (Phi) is 3.99. The second-order valence-corrected chi connectivity index (χ2v) is 6.71. The summed E-state index contributed by atoms with van der Waals surface area (Å²) in [5, 5.41) is 14.4. The van der Waals surface area contributed by atoms with Crippen LogP contribution in [-0.2, 0) is 13.0 Å². The first-order chi connectivity index (χ1) is 12.5. The molecule has 26 heavy (non-hydrogen) atoms. The lowest BCUT2D eigenvalue weighted by Gasteiger charge is -2.26. The summed E-state index contributed by atoms with van der Waals surface area (Å²) < 4.78 is 5.51. The molecule has 0 unspecified atom stereocenters. The summed E-state index contributed by atoms with van der Waals surface area (Å²) >= 11 is 0. The van der Waals surface area contributed by atoms with Gasteiger partial charge in [0, 0.05) is 24.3 Å². The summed E-state index contributed by atoms with van der Waals surface area (Å²) in [7, 11) is 0. The number of benzene rings is 1. The lowest BCUT2D eigenvalue weighted by Crippen LogP contribution is -2.35. The minimum absolute atomic E-state index is 0.0267. The minimum Gasteiger partial charge on any atom is -0.359 e. The molecular formula is C19H21N5O2. The van der Waals surface area contributed by atoms with Gasteiger partial charge in [0.2, 0.25) is 0 Å². The zero-order chi connectivity index (χ0) is 18.3. The maximum atomic E-state index is 12.8. The normalized spacial score (nSPS) is 13.6. The summed E-state index contributed by atoms with van der Waals surface area (Å²) in [6.07, 6.45) is 2.23. The zero-order valence-corrected chi connectivity index (χ0v) is 15.1.